The smallest absolute Gasteiger partial charge is 0.162 e. The maximum absolute atomic E-state index is 5.61. The Balaban J connectivity index is 1.64. The molecule has 0 fully saturated rings. The Morgan fingerprint density at radius 2 is 1.35 bits per heavy atom. The minimum Gasteiger partial charge on any atom is -0.486 e. The van der Waals surface area contributed by atoms with Crippen molar-refractivity contribution in [2.75, 3.05) is 13.2 Å². The number of hydrogen-bond donors (Lipinski definition) is 0. The zero-order valence-corrected chi connectivity index (χ0v) is 14.2. The Hall–Kier alpha value is -3.40. The molecule has 4 heteroatoms. The van der Waals surface area contributed by atoms with Crippen LogP contribution in [-0.2, 0) is 0 Å². The van der Waals surface area contributed by atoms with Crippen LogP contribution in [0.1, 0.15) is 16.7 Å². The number of benzene rings is 3. The highest BCUT2D eigenvalue weighted by molar-refractivity contribution is 6.12. The predicted molar refractivity (Wildman–Crippen MR) is 104 cm³/mol. The van der Waals surface area contributed by atoms with E-state index in [0.717, 1.165) is 33.9 Å². The summed E-state index contributed by atoms with van der Waals surface area (Å²) >= 11 is 0. The van der Waals surface area contributed by atoms with Crippen molar-refractivity contribution < 1.29 is 9.47 Å². The lowest BCUT2D eigenvalue weighted by Gasteiger charge is -2.18. The van der Waals surface area contributed by atoms with Gasteiger partial charge in [0.15, 0.2) is 11.5 Å². The van der Waals surface area contributed by atoms with E-state index >= 15 is 0 Å². The van der Waals surface area contributed by atoms with Crippen LogP contribution in [-0.4, -0.2) is 25.1 Å². The summed E-state index contributed by atoms with van der Waals surface area (Å²) in [6.45, 7) is 1.15. The molecule has 1 aliphatic rings. The van der Waals surface area contributed by atoms with Gasteiger partial charge < -0.3 is 9.47 Å². The lowest BCUT2D eigenvalue weighted by Crippen LogP contribution is -2.15. The number of rotatable bonds is 4. The third-order valence-electron chi connectivity index (χ3n) is 4.03. The molecular weight excluding hydrogens is 324 g/mol. The molecule has 1 aliphatic heterocycles. The first-order chi connectivity index (χ1) is 12.9. The third kappa shape index (κ3) is 3.64. The van der Waals surface area contributed by atoms with E-state index in [9.17, 15) is 0 Å². The molecule has 0 N–H and O–H groups in total. The molecule has 0 radical (unpaired) electrons. The summed E-state index contributed by atoms with van der Waals surface area (Å²) in [6.07, 6.45) is 1.73. The van der Waals surface area contributed by atoms with E-state index in [1.807, 2.05) is 78.9 Å². The maximum Gasteiger partial charge on any atom is 0.162 e. The van der Waals surface area contributed by atoms with E-state index in [-0.39, 0.29) is 0 Å². The van der Waals surface area contributed by atoms with Gasteiger partial charge in [0.1, 0.15) is 18.9 Å². The normalized spacial score (nSPS) is 12.8. The fourth-order valence-corrected chi connectivity index (χ4v) is 2.77. The molecule has 0 atom stereocenters. The van der Waals surface area contributed by atoms with Crippen molar-refractivity contribution in [2.45, 2.75) is 0 Å². The van der Waals surface area contributed by atoms with Crippen LogP contribution in [0.5, 0.6) is 11.5 Å². The van der Waals surface area contributed by atoms with Crippen LogP contribution in [0, 0.1) is 0 Å². The molecule has 0 spiro atoms. The van der Waals surface area contributed by atoms with Crippen molar-refractivity contribution in [1.29, 1.82) is 0 Å². The Labute approximate surface area is 152 Å². The molecule has 128 valence electrons. The maximum atomic E-state index is 5.61. The lowest BCUT2D eigenvalue weighted by atomic mass is 10.0. The van der Waals surface area contributed by atoms with Crippen molar-refractivity contribution in [1.82, 2.24) is 0 Å². The van der Waals surface area contributed by atoms with Gasteiger partial charge in [-0.2, -0.15) is 5.10 Å². The predicted octanol–water partition coefficient (Wildman–Crippen LogP) is 4.33. The zero-order chi connectivity index (χ0) is 17.6. The number of ether oxygens (including phenoxy) is 2. The summed E-state index contributed by atoms with van der Waals surface area (Å²) in [4.78, 5) is 0. The van der Waals surface area contributed by atoms with Crippen LogP contribution in [0.4, 0.5) is 0 Å². The first-order valence-corrected chi connectivity index (χ1v) is 8.52. The van der Waals surface area contributed by atoms with Crippen LogP contribution in [0.2, 0.25) is 0 Å². The van der Waals surface area contributed by atoms with Crippen molar-refractivity contribution in [3.05, 3.63) is 95.6 Å². The summed E-state index contributed by atoms with van der Waals surface area (Å²) in [5.41, 5.74) is 3.80. The minimum absolute atomic E-state index is 0.567. The lowest BCUT2D eigenvalue weighted by molar-refractivity contribution is 0.171. The molecule has 4 rings (SSSR count). The van der Waals surface area contributed by atoms with Gasteiger partial charge in [0.2, 0.25) is 0 Å². The molecule has 0 saturated heterocycles. The molecule has 0 amide bonds. The van der Waals surface area contributed by atoms with Crippen LogP contribution in [0.3, 0.4) is 0 Å². The summed E-state index contributed by atoms with van der Waals surface area (Å²) < 4.78 is 11.1. The first-order valence-electron chi connectivity index (χ1n) is 8.52. The molecule has 26 heavy (non-hydrogen) atoms. The Bertz CT molecular complexity index is 893. The fraction of sp³-hybridized carbons (Fsp3) is 0.0909. The van der Waals surface area contributed by atoms with Gasteiger partial charge in [-0.25, -0.2) is 0 Å². The highest BCUT2D eigenvalue weighted by Crippen LogP contribution is 2.30. The van der Waals surface area contributed by atoms with Crippen molar-refractivity contribution in [2.24, 2.45) is 10.2 Å². The van der Waals surface area contributed by atoms with E-state index in [1.165, 1.54) is 0 Å². The summed E-state index contributed by atoms with van der Waals surface area (Å²) in [5, 5.41) is 8.80. The second-order valence-corrected chi connectivity index (χ2v) is 5.83. The Kier molecular flexibility index (Phi) is 4.74. The average Bonchev–Trinajstić information content (AvgIpc) is 2.72. The second-order valence-electron chi connectivity index (χ2n) is 5.83. The van der Waals surface area contributed by atoms with E-state index in [0.29, 0.717) is 13.2 Å². The molecule has 0 saturated carbocycles. The Morgan fingerprint density at radius 1 is 0.731 bits per heavy atom. The van der Waals surface area contributed by atoms with Gasteiger partial charge in [-0.1, -0.05) is 60.7 Å². The highest BCUT2D eigenvalue weighted by atomic mass is 16.6. The van der Waals surface area contributed by atoms with Gasteiger partial charge in [-0.15, -0.1) is 5.10 Å². The fourth-order valence-electron chi connectivity index (χ4n) is 2.77. The largest absolute Gasteiger partial charge is 0.486 e. The quantitative estimate of drug-likeness (QED) is 0.523. The number of fused-ring (bicyclic) bond motifs is 1. The van der Waals surface area contributed by atoms with Gasteiger partial charge in [-0.3, -0.25) is 0 Å². The van der Waals surface area contributed by atoms with E-state index in [2.05, 4.69) is 10.2 Å². The molecular formula is C22H18N2O2. The average molecular weight is 342 g/mol. The molecule has 0 aromatic heterocycles. The SMILES string of the molecule is C(=N/N=C(c1ccccc1)c1ccccc1)/c1ccc2c(c1)OCCO2. The summed E-state index contributed by atoms with van der Waals surface area (Å²) in [7, 11) is 0. The third-order valence-corrected chi connectivity index (χ3v) is 4.03. The minimum atomic E-state index is 0.567. The summed E-state index contributed by atoms with van der Waals surface area (Å²) in [6, 6.07) is 25.9. The van der Waals surface area contributed by atoms with E-state index < -0.39 is 0 Å². The number of nitrogens with zero attached hydrogens (tertiary/aromatic N) is 2. The van der Waals surface area contributed by atoms with Crippen LogP contribution in [0.15, 0.2) is 89.1 Å². The molecule has 0 unspecified atom stereocenters. The van der Waals surface area contributed by atoms with E-state index in [1.54, 1.807) is 6.21 Å². The number of hydrogen-bond acceptors (Lipinski definition) is 4. The molecule has 1 heterocycles. The van der Waals surface area contributed by atoms with E-state index in [4.69, 9.17) is 9.47 Å². The van der Waals surface area contributed by atoms with Crippen molar-refractivity contribution in [3.63, 3.8) is 0 Å². The molecule has 3 aromatic rings. The van der Waals surface area contributed by atoms with Crippen molar-refractivity contribution >= 4 is 11.9 Å². The molecule has 3 aromatic carbocycles. The molecule has 0 aliphatic carbocycles. The van der Waals surface area contributed by atoms with Gasteiger partial charge >= 0.3 is 0 Å². The molecule has 4 nitrogen and oxygen atoms in total. The molecule has 0 bridgehead atoms. The van der Waals surface area contributed by atoms with Crippen LogP contribution < -0.4 is 9.47 Å². The van der Waals surface area contributed by atoms with Gasteiger partial charge in [-0.05, 0) is 23.8 Å². The Morgan fingerprint density at radius 3 is 2.00 bits per heavy atom. The van der Waals surface area contributed by atoms with Gasteiger partial charge in [0, 0.05) is 11.1 Å². The monoisotopic (exact) mass is 342 g/mol. The highest BCUT2D eigenvalue weighted by Gasteiger charge is 2.11. The van der Waals surface area contributed by atoms with Gasteiger partial charge in [0.25, 0.3) is 0 Å². The standard InChI is InChI=1S/C22H18N2O2/c1-3-7-18(8-4-1)22(19-9-5-2-6-10-19)24-23-16-17-11-12-20-21(15-17)26-14-13-25-20/h1-12,15-16H,13-14H2/b23-16-. The van der Waals surface area contributed by atoms with Gasteiger partial charge in [0.05, 0.1) is 6.21 Å². The zero-order valence-electron chi connectivity index (χ0n) is 14.2. The second kappa shape index (κ2) is 7.66. The first kappa shape index (κ1) is 16.1. The van der Waals surface area contributed by atoms with Crippen molar-refractivity contribution in [3.8, 4) is 11.5 Å². The topological polar surface area (TPSA) is 43.2 Å². The van der Waals surface area contributed by atoms with Crippen LogP contribution in [0.25, 0.3) is 0 Å². The van der Waals surface area contributed by atoms with Crippen LogP contribution >= 0.6 is 0 Å². The summed E-state index contributed by atoms with van der Waals surface area (Å²) in [5.74, 6) is 1.52.